The van der Waals surface area contributed by atoms with Crippen LogP contribution in [-0.4, -0.2) is 34.5 Å². The van der Waals surface area contributed by atoms with E-state index in [-0.39, 0.29) is 17.2 Å². The van der Waals surface area contributed by atoms with Gasteiger partial charge in [-0.2, -0.15) is 5.10 Å². The minimum absolute atomic E-state index is 0.00864. The number of nitrogens with one attached hydrogen (secondary N) is 1. The molecular formula is C31H25ClN4O4S. The smallest absolute Gasteiger partial charge is 0.266 e. The van der Waals surface area contributed by atoms with Crippen molar-refractivity contribution in [1.82, 2.24) is 15.0 Å². The Morgan fingerprint density at radius 2 is 1.76 bits per heavy atom. The van der Waals surface area contributed by atoms with E-state index in [1.165, 1.54) is 10.8 Å². The van der Waals surface area contributed by atoms with Gasteiger partial charge < -0.3 is 9.47 Å². The molecule has 0 aliphatic heterocycles. The van der Waals surface area contributed by atoms with Crippen LogP contribution in [0.1, 0.15) is 11.1 Å². The third-order valence-electron chi connectivity index (χ3n) is 5.99. The predicted octanol–water partition coefficient (Wildman–Crippen LogP) is 5.87. The van der Waals surface area contributed by atoms with E-state index in [0.29, 0.717) is 44.9 Å². The molecule has 5 rings (SSSR count). The number of amides is 1. The number of benzene rings is 4. The maximum atomic E-state index is 13.3. The third kappa shape index (κ3) is 6.95. The molecule has 0 saturated heterocycles. The molecule has 0 radical (unpaired) electrons. The molecule has 0 saturated carbocycles. The molecule has 41 heavy (non-hydrogen) atoms. The first-order valence-corrected chi connectivity index (χ1v) is 14.0. The zero-order valence-electron chi connectivity index (χ0n) is 22.0. The van der Waals surface area contributed by atoms with E-state index in [9.17, 15) is 9.59 Å². The van der Waals surface area contributed by atoms with Crippen LogP contribution in [0.25, 0.3) is 16.6 Å². The summed E-state index contributed by atoms with van der Waals surface area (Å²) in [7, 11) is 1.56. The Morgan fingerprint density at radius 3 is 2.54 bits per heavy atom. The van der Waals surface area contributed by atoms with E-state index in [1.807, 2.05) is 42.5 Å². The molecule has 0 atom stereocenters. The largest absolute Gasteiger partial charge is 0.493 e. The summed E-state index contributed by atoms with van der Waals surface area (Å²) in [6.07, 6.45) is 1.52. The van der Waals surface area contributed by atoms with Crippen molar-refractivity contribution in [1.29, 1.82) is 0 Å². The van der Waals surface area contributed by atoms with Crippen LogP contribution in [-0.2, 0) is 11.4 Å². The number of carbonyl (C=O) groups excluding carboxylic acids is 1. The van der Waals surface area contributed by atoms with Crippen molar-refractivity contribution in [2.45, 2.75) is 11.8 Å². The van der Waals surface area contributed by atoms with Crippen molar-refractivity contribution in [2.24, 2.45) is 5.10 Å². The highest BCUT2D eigenvalue weighted by molar-refractivity contribution is 7.99. The van der Waals surface area contributed by atoms with E-state index in [1.54, 1.807) is 61.7 Å². The highest BCUT2D eigenvalue weighted by Crippen LogP contribution is 2.28. The molecule has 0 aliphatic rings. The van der Waals surface area contributed by atoms with E-state index < -0.39 is 0 Å². The molecule has 10 heteroatoms. The van der Waals surface area contributed by atoms with Gasteiger partial charge in [0.05, 0.1) is 35.7 Å². The molecule has 0 spiro atoms. The van der Waals surface area contributed by atoms with Gasteiger partial charge in [0.15, 0.2) is 16.7 Å². The molecule has 1 aromatic heterocycles. The van der Waals surface area contributed by atoms with Gasteiger partial charge in [0, 0.05) is 5.02 Å². The lowest BCUT2D eigenvalue weighted by Crippen LogP contribution is -2.24. The topological polar surface area (TPSA) is 94.8 Å². The van der Waals surface area contributed by atoms with E-state index in [0.717, 1.165) is 22.9 Å². The number of nitrogens with zero attached hydrogens (tertiary/aromatic N) is 3. The van der Waals surface area contributed by atoms with Gasteiger partial charge in [-0.15, -0.1) is 0 Å². The lowest BCUT2D eigenvalue weighted by Gasteiger charge is -2.13. The van der Waals surface area contributed by atoms with Crippen molar-refractivity contribution in [3.63, 3.8) is 0 Å². The Hall–Kier alpha value is -4.60. The number of carbonyl (C=O) groups is 1. The van der Waals surface area contributed by atoms with Crippen molar-refractivity contribution in [3.05, 3.63) is 124 Å². The van der Waals surface area contributed by atoms with Crippen molar-refractivity contribution < 1.29 is 14.3 Å². The van der Waals surface area contributed by atoms with E-state index >= 15 is 0 Å². The number of hydrazone groups is 1. The number of ether oxygens (including phenoxy) is 2. The van der Waals surface area contributed by atoms with Crippen LogP contribution < -0.4 is 20.5 Å². The van der Waals surface area contributed by atoms with Gasteiger partial charge in [0.1, 0.15) is 6.61 Å². The summed E-state index contributed by atoms with van der Waals surface area (Å²) in [5.41, 5.74) is 5.21. The minimum atomic E-state index is -0.355. The fourth-order valence-corrected chi connectivity index (χ4v) is 4.92. The van der Waals surface area contributed by atoms with Gasteiger partial charge >= 0.3 is 0 Å². The second-order valence-corrected chi connectivity index (χ2v) is 10.2. The van der Waals surface area contributed by atoms with Crippen LogP contribution in [0.3, 0.4) is 0 Å². The molecule has 0 unspecified atom stereocenters. The first kappa shape index (κ1) is 27.9. The normalized spacial score (nSPS) is 11.1. The third-order valence-corrected chi connectivity index (χ3v) is 7.18. The maximum Gasteiger partial charge on any atom is 0.266 e. The summed E-state index contributed by atoms with van der Waals surface area (Å²) < 4.78 is 12.8. The second-order valence-electron chi connectivity index (χ2n) is 8.79. The molecule has 1 amide bonds. The molecule has 5 aromatic rings. The highest BCUT2D eigenvalue weighted by Gasteiger charge is 2.15. The predicted molar refractivity (Wildman–Crippen MR) is 163 cm³/mol. The van der Waals surface area contributed by atoms with Gasteiger partial charge in [0.25, 0.3) is 11.5 Å². The van der Waals surface area contributed by atoms with E-state index in [2.05, 4.69) is 15.5 Å². The van der Waals surface area contributed by atoms with Crippen molar-refractivity contribution in [3.8, 4) is 17.2 Å². The number of halogens is 1. The molecular weight excluding hydrogens is 560 g/mol. The SMILES string of the molecule is COc1cc(/C=N\NC(=O)CSc2nc3ccccc3c(=O)n2-c2ccc(Cl)cc2)ccc1OCc1ccccc1. The fraction of sp³-hybridized carbons (Fsp3) is 0.0968. The number of hydrogen-bond acceptors (Lipinski definition) is 7. The molecule has 1 heterocycles. The highest BCUT2D eigenvalue weighted by atomic mass is 35.5. The van der Waals surface area contributed by atoms with Gasteiger partial charge in [-0.1, -0.05) is 65.8 Å². The summed E-state index contributed by atoms with van der Waals surface area (Å²) >= 11 is 7.18. The maximum absolute atomic E-state index is 13.3. The fourth-order valence-electron chi connectivity index (χ4n) is 3.99. The first-order valence-electron chi connectivity index (χ1n) is 12.6. The summed E-state index contributed by atoms with van der Waals surface area (Å²) in [5, 5.41) is 5.48. The first-order chi connectivity index (χ1) is 20.0. The van der Waals surface area contributed by atoms with Crippen LogP contribution in [0.15, 0.2) is 112 Å². The summed E-state index contributed by atoms with van der Waals surface area (Å²) in [4.78, 5) is 30.6. The lowest BCUT2D eigenvalue weighted by atomic mass is 10.2. The van der Waals surface area contributed by atoms with Crippen molar-refractivity contribution in [2.75, 3.05) is 12.9 Å². The van der Waals surface area contributed by atoms with Crippen LogP contribution >= 0.6 is 23.4 Å². The number of aromatic nitrogens is 2. The van der Waals surface area contributed by atoms with Gasteiger partial charge in [-0.05, 0) is 65.7 Å². The Labute approximate surface area is 245 Å². The average molecular weight is 585 g/mol. The van der Waals surface area contributed by atoms with Crippen LogP contribution in [0, 0.1) is 0 Å². The lowest BCUT2D eigenvalue weighted by molar-refractivity contribution is -0.118. The average Bonchev–Trinajstić information content (AvgIpc) is 3.00. The zero-order chi connectivity index (χ0) is 28.6. The van der Waals surface area contributed by atoms with Gasteiger partial charge in [-0.25, -0.2) is 10.4 Å². The Morgan fingerprint density at radius 1 is 1.00 bits per heavy atom. The molecule has 8 nitrogen and oxygen atoms in total. The van der Waals surface area contributed by atoms with Gasteiger partial charge in [-0.3, -0.25) is 14.2 Å². The summed E-state index contributed by atoms with van der Waals surface area (Å²) in [5.74, 6) is 0.787. The molecule has 1 N–H and O–H groups in total. The number of fused-ring (bicyclic) bond motifs is 1. The van der Waals surface area contributed by atoms with Gasteiger partial charge in [0.2, 0.25) is 0 Å². The Bertz CT molecular complexity index is 1760. The van der Waals surface area contributed by atoms with Crippen LogP contribution in [0.5, 0.6) is 11.5 Å². The molecule has 206 valence electrons. The molecule has 0 aliphatic carbocycles. The summed E-state index contributed by atoms with van der Waals surface area (Å²) in [6.45, 7) is 0.413. The zero-order valence-corrected chi connectivity index (χ0v) is 23.6. The number of thioether (sulfide) groups is 1. The molecule has 0 fully saturated rings. The quantitative estimate of drug-likeness (QED) is 0.0955. The second kappa shape index (κ2) is 13.2. The Balaban J connectivity index is 1.25. The number of para-hydroxylation sites is 1. The van der Waals surface area contributed by atoms with E-state index in [4.69, 9.17) is 21.1 Å². The Kier molecular flexibility index (Phi) is 8.98. The monoisotopic (exact) mass is 584 g/mol. The number of rotatable bonds is 10. The summed E-state index contributed by atoms with van der Waals surface area (Å²) in [6, 6.07) is 29.2. The number of methoxy groups -OCH3 is 1. The number of hydrogen-bond donors (Lipinski definition) is 1. The van der Waals surface area contributed by atoms with Crippen LogP contribution in [0.2, 0.25) is 5.02 Å². The molecule has 4 aromatic carbocycles. The minimum Gasteiger partial charge on any atom is -0.493 e. The molecule has 0 bridgehead atoms. The standard InChI is InChI=1S/C31H25ClN4O4S/c1-39-28-17-22(11-16-27(28)40-19-21-7-3-2-4-8-21)18-33-35-29(37)20-41-31-34-26-10-6-5-9-25(26)30(38)36(31)24-14-12-23(32)13-15-24/h2-18H,19-20H2,1H3,(H,35,37)/b33-18-. The van der Waals surface area contributed by atoms with Crippen LogP contribution in [0.4, 0.5) is 0 Å². The van der Waals surface area contributed by atoms with Crippen molar-refractivity contribution >= 4 is 46.4 Å².